The fraction of sp³-hybridized carbons (Fsp3) is 0.857. The zero-order valence-electron chi connectivity index (χ0n) is 12.2. The Labute approximate surface area is 133 Å². The van der Waals surface area contributed by atoms with Crippen molar-refractivity contribution in [2.75, 3.05) is 26.4 Å². The van der Waals surface area contributed by atoms with Gasteiger partial charge in [0.1, 0.15) is 6.10 Å². The number of fused-ring (bicyclic) bond motifs is 1. The van der Waals surface area contributed by atoms with Gasteiger partial charge in [-0.05, 0) is 6.42 Å². The van der Waals surface area contributed by atoms with E-state index in [1.807, 2.05) is 0 Å². The number of nitrogens with zero attached hydrogens (tertiary/aromatic N) is 1. The van der Waals surface area contributed by atoms with Gasteiger partial charge in [-0.25, -0.2) is 4.79 Å². The first-order valence-corrected chi connectivity index (χ1v) is 8.00. The zero-order valence-corrected chi connectivity index (χ0v) is 12.9. The van der Waals surface area contributed by atoms with Crippen molar-refractivity contribution in [2.45, 2.75) is 42.9 Å². The number of carbonyl (C=O) groups excluding carboxylic acids is 1. The second-order valence-corrected chi connectivity index (χ2v) is 6.65. The average Bonchev–Trinajstić information content (AvgIpc) is 2.69. The van der Waals surface area contributed by atoms with E-state index in [2.05, 4.69) is 0 Å². The van der Waals surface area contributed by atoms with Crippen LogP contribution in [-0.4, -0.2) is 72.1 Å². The van der Waals surface area contributed by atoms with Crippen LogP contribution in [0.2, 0.25) is 0 Å². The maximum Gasteiger partial charge on any atom is 0.410 e. The van der Waals surface area contributed by atoms with Crippen LogP contribution in [0.15, 0.2) is 0 Å². The van der Waals surface area contributed by atoms with E-state index in [1.165, 1.54) is 4.90 Å². The van der Waals surface area contributed by atoms with Crippen molar-refractivity contribution >= 4 is 23.7 Å². The molecular formula is C14H20ClNO6. The molecule has 2 aliphatic heterocycles. The number of carboxylic acid groups (broad SMARTS) is 1. The molecule has 1 saturated carbocycles. The van der Waals surface area contributed by atoms with E-state index in [4.69, 9.17) is 30.9 Å². The lowest BCUT2D eigenvalue weighted by atomic mass is 9.89. The number of halogens is 1. The monoisotopic (exact) mass is 333 g/mol. The number of carboxylic acids is 1. The van der Waals surface area contributed by atoms with Gasteiger partial charge in [0, 0.05) is 18.9 Å². The summed E-state index contributed by atoms with van der Waals surface area (Å²) >= 11 is 6.40. The first-order chi connectivity index (χ1) is 10.5. The normalized spacial score (nSPS) is 35.0. The Balaban J connectivity index is 1.54. The molecule has 3 rings (SSSR count). The van der Waals surface area contributed by atoms with Crippen LogP contribution in [0.25, 0.3) is 0 Å². The SMILES string of the molecule is O=C(O)CCN1C(=O)OC2CC(OCC3COC3)C(Cl)CC21. The van der Waals surface area contributed by atoms with E-state index in [0.717, 1.165) is 13.2 Å². The summed E-state index contributed by atoms with van der Waals surface area (Å²) in [5.41, 5.74) is 0. The number of aliphatic carboxylic acids is 1. The Morgan fingerprint density at radius 2 is 2.18 bits per heavy atom. The lowest BCUT2D eigenvalue weighted by Gasteiger charge is -2.37. The fourth-order valence-electron chi connectivity index (χ4n) is 3.14. The van der Waals surface area contributed by atoms with Crippen LogP contribution in [0.3, 0.4) is 0 Å². The van der Waals surface area contributed by atoms with Gasteiger partial charge in [-0.15, -0.1) is 11.6 Å². The highest BCUT2D eigenvalue weighted by Gasteiger charge is 2.48. The molecule has 124 valence electrons. The number of rotatable bonds is 6. The van der Waals surface area contributed by atoms with Gasteiger partial charge in [-0.3, -0.25) is 4.79 Å². The van der Waals surface area contributed by atoms with E-state index >= 15 is 0 Å². The minimum atomic E-state index is -0.932. The van der Waals surface area contributed by atoms with E-state index in [-0.39, 0.29) is 36.6 Å². The molecule has 8 heteroatoms. The third-order valence-electron chi connectivity index (χ3n) is 4.47. The Morgan fingerprint density at radius 1 is 1.41 bits per heavy atom. The molecule has 1 N–H and O–H groups in total. The van der Waals surface area contributed by atoms with Crippen LogP contribution in [0, 0.1) is 5.92 Å². The summed E-state index contributed by atoms with van der Waals surface area (Å²) < 4.78 is 16.3. The molecule has 3 fully saturated rings. The molecule has 1 aliphatic carbocycles. The van der Waals surface area contributed by atoms with E-state index in [1.54, 1.807) is 0 Å². The van der Waals surface area contributed by atoms with Crippen molar-refractivity contribution < 1.29 is 28.9 Å². The van der Waals surface area contributed by atoms with Gasteiger partial charge in [0.05, 0.1) is 43.8 Å². The van der Waals surface area contributed by atoms with Gasteiger partial charge in [-0.1, -0.05) is 0 Å². The molecule has 0 spiro atoms. The number of hydrogen-bond acceptors (Lipinski definition) is 5. The summed E-state index contributed by atoms with van der Waals surface area (Å²) in [6.07, 6.45) is 0.167. The lowest BCUT2D eigenvalue weighted by molar-refractivity contribution is -0.137. The van der Waals surface area contributed by atoms with Crippen LogP contribution >= 0.6 is 11.6 Å². The van der Waals surface area contributed by atoms with Crippen molar-refractivity contribution in [1.82, 2.24) is 4.90 Å². The fourth-order valence-corrected chi connectivity index (χ4v) is 3.50. The molecule has 0 aromatic heterocycles. The first-order valence-electron chi connectivity index (χ1n) is 7.57. The van der Waals surface area contributed by atoms with Crippen LogP contribution < -0.4 is 0 Å². The zero-order chi connectivity index (χ0) is 15.7. The minimum Gasteiger partial charge on any atom is -0.481 e. The van der Waals surface area contributed by atoms with Gasteiger partial charge < -0.3 is 24.2 Å². The van der Waals surface area contributed by atoms with Crippen molar-refractivity contribution in [3.8, 4) is 0 Å². The number of alkyl halides is 1. The van der Waals surface area contributed by atoms with Gasteiger partial charge in [-0.2, -0.15) is 0 Å². The molecule has 2 saturated heterocycles. The molecule has 3 aliphatic rings. The maximum absolute atomic E-state index is 11.9. The van der Waals surface area contributed by atoms with Crippen LogP contribution in [0.1, 0.15) is 19.3 Å². The van der Waals surface area contributed by atoms with Gasteiger partial charge in [0.2, 0.25) is 0 Å². The molecule has 0 bridgehead atoms. The average molecular weight is 334 g/mol. The van der Waals surface area contributed by atoms with E-state index in [9.17, 15) is 9.59 Å². The molecule has 0 aromatic rings. The number of carbonyl (C=O) groups is 2. The molecule has 4 unspecified atom stereocenters. The van der Waals surface area contributed by atoms with Gasteiger partial charge in [0.15, 0.2) is 0 Å². The molecule has 7 nitrogen and oxygen atoms in total. The van der Waals surface area contributed by atoms with Crippen LogP contribution in [-0.2, 0) is 19.0 Å². The Morgan fingerprint density at radius 3 is 2.82 bits per heavy atom. The van der Waals surface area contributed by atoms with Crippen molar-refractivity contribution in [3.63, 3.8) is 0 Å². The summed E-state index contributed by atoms with van der Waals surface area (Å²) in [5, 5.41) is 8.56. The predicted octanol–water partition coefficient (Wildman–Crippen LogP) is 1.08. The second-order valence-electron chi connectivity index (χ2n) is 6.09. The second kappa shape index (κ2) is 6.60. The molecule has 2 heterocycles. The largest absolute Gasteiger partial charge is 0.481 e. The summed E-state index contributed by atoms with van der Waals surface area (Å²) in [6.45, 7) is 2.22. The highest BCUT2D eigenvalue weighted by atomic mass is 35.5. The summed E-state index contributed by atoms with van der Waals surface area (Å²) in [7, 11) is 0. The summed E-state index contributed by atoms with van der Waals surface area (Å²) in [5.74, 6) is -0.502. The van der Waals surface area contributed by atoms with E-state index in [0.29, 0.717) is 25.4 Å². The smallest absolute Gasteiger partial charge is 0.410 e. The summed E-state index contributed by atoms with van der Waals surface area (Å²) in [6, 6.07) is -0.152. The molecule has 22 heavy (non-hydrogen) atoms. The van der Waals surface area contributed by atoms with Crippen molar-refractivity contribution in [3.05, 3.63) is 0 Å². The highest BCUT2D eigenvalue weighted by molar-refractivity contribution is 6.21. The Hall–Kier alpha value is -1.05. The summed E-state index contributed by atoms with van der Waals surface area (Å²) in [4.78, 5) is 24.1. The molecule has 0 radical (unpaired) electrons. The third kappa shape index (κ3) is 3.31. The molecule has 1 amide bonds. The lowest BCUT2D eigenvalue weighted by Crippen LogP contribution is -2.48. The van der Waals surface area contributed by atoms with Crippen molar-refractivity contribution in [2.24, 2.45) is 5.92 Å². The first kappa shape index (κ1) is 15.8. The number of hydrogen-bond donors (Lipinski definition) is 1. The van der Waals surface area contributed by atoms with Crippen LogP contribution in [0.4, 0.5) is 4.79 Å². The Bertz CT molecular complexity index is 443. The molecule has 0 aromatic carbocycles. The Kier molecular flexibility index (Phi) is 4.75. The third-order valence-corrected chi connectivity index (χ3v) is 4.93. The molecular weight excluding hydrogens is 314 g/mol. The van der Waals surface area contributed by atoms with Gasteiger partial charge >= 0.3 is 12.1 Å². The van der Waals surface area contributed by atoms with E-state index < -0.39 is 12.1 Å². The predicted molar refractivity (Wildman–Crippen MR) is 75.9 cm³/mol. The van der Waals surface area contributed by atoms with Crippen molar-refractivity contribution in [1.29, 1.82) is 0 Å². The number of ether oxygens (including phenoxy) is 3. The maximum atomic E-state index is 11.9. The standard InChI is InChI=1S/C14H20ClNO6/c15-9-3-10-12(4-11(9)21-7-8-5-20-6-8)22-14(19)16(10)2-1-13(17)18/h8-12H,1-7H2,(H,17,18). The number of amides is 1. The minimum absolute atomic E-state index is 0.0904. The van der Waals surface area contributed by atoms with Gasteiger partial charge in [0.25, 0.3) is 0 Å². The van der Waals surface area contributed by atoms with Crippen LogP contribution in [0.5, 0.6) is 0 Å². The topological polar surface area (TPSA) is 85.3 Å². The highest BCUT2D eigenvalue weighted by Crippen LogP contribution is 2.36. The quantitative estimate of drug-likeness (QED) is 0.732. The molecule has 4 atom stereocenters.